The van der Waals surface area contributed by atoms with Crippen molar-refractivity contribution in [2.45, 2.75) is 46.1 Å². The Bertz CT molecular complexity index is 169. The first kappa shape index (κ1) is 11.4. The zero-order chi connectivity index (χ0) is 9.99. The zero-order valence-corrected chi connectivity index (χ0v) is 8.22. The molecule has 0 fully saturated rings. The Hall–Kier alpha value is -0.570. The van der Waals surface area contributed by atoms with Crippen LogP contribution in [0, 0.1) is 5.41 Å². The first-order valence-corrected chi connectivity index (χ1v) is 4.21. The van der Waals surface area contributed by atoms with E-state index in [1.165, 1.54) is 0 Å². The number of carbonyl (C=O) groups is 1. The van der Waals surface area contributed by atoms with Gasteiger partial charge in [-0.05, 0) is 6.42 Å². The molecule has 72 valence electrons. The van der Waals surface area contributed by atoms with E-state index in [4.69, 9.17) is 5.11 Å². The molecule has 0 spiro atoms. The van der Waals surface area contributed by atoms with Gasteiger partial charge in [0.15, 0.2) is 5.60 Å². The molecular weight excluding hydrogens is 156 g/mol. The Morgan fingerprint density at radius 1 is 1.33 bits per heavy atom. The van der Waals surface area contributed by atoms with Crippen LogP contribution < -0.4 is 0 Å². The highest BCUT2D eigenvalue weighted by atomic mass is 16.4. The molecule has 12 heavy (non-hydrogen) atoms. The van der Waals surface area contributed by atoms with Crippen LogP contribution in [0.1, 0.15) is 40.5 Å². The molecule has 0 saturated heterocycles. The normalized spacial score (nSPS) is 17.1. The molecule has 3 nitrogen and oxygen atoms in total. The van der Waals surface area contributed by atoms with Crippen LogP contribution in [0.3, 0.4) is 0 Å². The molecule has 0 rings (SSSR count). The standard InChI is InChI=1S/C9H18O3/c1-5-6-9(12,7(10)11)8(2,3)4/h12H,5-6H2,1-4H3,(H,10,11). The Morgan fingerprint density at radius 2 is 1.75 bits per heavy atom. The van der Waals surface area contributed by atoms with Crippen LogP contribution in [0.2, 0.25) is 0 Å². The molecular formula is C9H18O3. The Morgan fingerprint density at radius 3 is 1.83 bits per heavy atom. The van der Waals surface area contributed by atoms with Crippen molar-refractivity contribution in [3.8, 4) is 0 Å². The topological polar surface area (TPSA) is 57.5 Å². The van der Waals surface area contributed by atoms with E-state index in [9.17, 15) is 9.90 Å². The van der Waals surface area contributed by atoms with Crippen LogP contribution in [0.5, 0.6) is 0 Å². The molecule has 3 heteroatoms. The number of aliphatic hydroxyl groups is 1. The van der Waals surface area contributed by atoms with Crippen molar-refractivity contribution in [2.75, 3.05) is 0 Å². The molecule has 0 heterocycles. The molecule has 0 aliphatic heterocycles. The monoisotopic (exact) mass is 174 g/mol. The summed E-state index contributed by atoms with van der Waals surface area (Å²) in [7, 11) is 0. The molecule has 0 bridgehead atoms. The molecule has 0 aliphatic rings. The minimum atomic E-state index is -1.60. The van der Waals surface area contributed by atoms with Gasteiger partial charge in [-0.2, -0.15) is 0 Å². The lowest BCUT2D eigenvalue weighted by Gasteiger charge is -2.36. The first-order valence-electron chi connectivity index (χ1n) is 4.21. The summed E-state index contributed by atoms with van der Waals surface area (Å²) in [6.45, 7) is 7.06. The van der Waals surface area contributed by atoms with Gasteiger partial charge in [0.1, 0.15) is 0 Å². The number of carboxylic acid groups (broad SMARTS) is 1. The highest BCUT2D eigenvalue weighted by molar-refractivity contribution is 5.78. The summed E-state index contributed by atoms with van der Waals surface area (Å²) in [5.41, 5.74) is -2.21. The predicted molar refractivity (Wildman–Crippen MR) is 46.9 cm³/mol. The number of hydrogen-bond acceptors (Lipinski definition) is 2. The smallest absolute Gasteiger partial charge is 0.336 e. The quantitative estimate of drug-likeness (QED) is 0.684. The van der Waals surface area contributed by atoms with Crippen molar-refractivity contribution in [3.63, 3.8) is 0 Å². The van der Waals surface area contributed by atoms with E-state index in [-0.39, 0.29) is 0 Å². The van der Waals surface area contributed by atoms with Gasteiger partial charge < -0.3 is 10.2 Å². The molecule has 0 aliphatic carbocycles. The molecule has 0 aromatic rings. The van der Waals surface area contributed by atoms with Crippen LogP contribution in [-0.4, -0.2) is 21.8 Å². The maximum absolute atomic E-state index is 10.8. The van der Waals surface area contributed by atoms with Gasteiger partial charge >= 0.3 is 5.97 Å². The van der Waals surface area contributed by atoms with Crippen molar-refractivity contribution >= 4 is 5.97 Å². The van der Waals surface area contributed by atoms with Gasteiger partial charge in [-0.1, -0.05) is 34.1 Å². The van der Waals surface area contributed by atoms with Gasteiger partial charge in [0.05, 0.1) is 0 Å². The summed E-state index contributed by atoms with van der Waals surface area (Å²) >= 11 is 0. The summed E-state index contributed by atoms with van der Waals surface area (Å²) in [6, 6.07) is 0. The Balaban J connectivity index is 4.75. The van der Waals surface area contributed by atoms with Crippen molar-refractivity contribution in [3.05, 3.63) is 0 Å². The van der Waals surface area contributed by atoms with Crippen molar-refractivity contribution in [2.24, 2.45) is 5.41 Å². The van der Waals surface area contributed by atoms with E-state index >= 15 is 0 Å². The van der Waals surface area contributed by atoms with E-state index in [1.807, 2.05) is 6.92 Å². The van der Waals surface area contributed by atoms with Gasteiger partial charge in [-0.15, -0.1) is 0 Å². The fraction of sp³-hybridized carbons (Fsp3) is 0.889. The molecule has 1 atom stereocenters. The molecule has 2 N–H and O–H groups in total. The first-order chi connectivity index (χ1) is 5.25. The van der Waals surface area contributed by atoms with Gasteiger partial charge in [0.2, 0.25) is 0 Å². The van der Waals surface area contributed by atoms with Crippen molar-refractivity contribution in [1.29, 1.82) is 0 Å². The SMILES string of the molecule is CCCC(O)(C(=O)O)C(C)(C)C. The summed E-state index contributed by atoms with van der Waals surface area (Å²) in [5.74, 6) is -1.13. The lowest BCUT2D eigenvalue weighted by atomic mass is 9.74. The van der Waals surface area contributed by atoms with Gasteiger partial charge in [-0.25, -0.2) is 4.79 Å². The molecule has 0 saturated carbocycles. The molecule has 0 aromatic heterocycles. The van der Waals surface area contributed by atoms with E-state index in [0.717, 1.165) is 0 Å². The minimum absolute atomic E-state index is 0.297. The number of aliphatic carboxylic acids is 1. The summed E-state index contributed by atoms with van der Waals surface area (Å²) in [5, 5.41) is 18.7. The Labute approximate surface area is 73.4 Å². The number of carboxylic acids is 1. The van der Waals surface area contributed by atoms with Gasteiger partial charge in [0, 0.05) is 5.41 Å². The van der Waals surface area contributed by atoms with Crippen LogP contribution in [0.4, 0.5) is 0 Å². The van der Waals surface area contributed by atoms with Gasteiger partial charge in [0.25, 0.3) is 0 Å². The highest BCUT2D eigenvalue weighted by Gasteiger charge is 2.46. The lowest BCUT2D eigenvalue weighted by Crippen LogP contribution is -2.49. The third-order valence-electron chi connectivity index (χ3n) is 2.21. The average molecular weight is 174 g/mol. The summed E-state index contributed by atoms with van der Waals surface area (Å²) in [4.78, 5) is 10.8. The maximum atomic E-state index is 10.8. The second kappa shape index (κ2) is 3.44. The Kier molecular flexibility index (Phi) is 3.27. The zero-order valence-electron chi connectivity index (χ0n) is 8.22. The van der Waals surface area contributed by atoms with Crippen LogP contribution in [0.15, 0.2) is 0 Å². The highest BCUT2D eigenvalue weighted by Crippen LogP contribution is 2.34. The molecule has 0 aromatic carbocycles. The molecule has 1 unspecified atom stereocenters. The summed E-state index contributed by atoms with van der Waals surface area (Å²) in [6.07, 6.45) is 0.964. The number of rotatable bonds is 3. The second-order valence-corrected chi connectivity index (χ2v) is 4.17. The average Bonchev–Trinajstić information content (AvgIpc) is 1.85. The van der Waals surface area contributed by atoms with Crippen LogP contribution >= 0.6 is 0 Å². The second-order valence-electron chi connectivity index (χ2n) is 4.17. The van der Waals surface area contributed by atoms with Crippen molar-refractivity contribution in [1.82, 2.24) is 0 Å². The fourth-order valence-corrected chi connectivity index (χ4v) is 1.16. The molecule has 0 amide bonds. The summed E-state index contributed by atoms with van der Waals surface area (Å²) < 4.78 is 0. The van der Waals surface area contributed by atoms with Crippen LogP contribution in [0.25, 0.3) is 0 Å². The van der Waals surface area contributed by atoms with Crippen LogP contribution in [-0.2, 0) is 4.79 Å². The fourth-order valence-electron chi connectivity index (χ4n) is 1.16. The lowest BCUT2D eigenvalue weighted by molar-refractivity contribution is -0.172. The van der Waals surface area contributed by atoms with Gasteiger partial charge in [-0.3, -0.25) is 0 Å². The van der Waals surface area contributed by atoms with Crippen molar-refractivity contribution < 1.29 is 15.0 Å². The largest absolute Gasteiger partial charge is 0.479 e. The van der Waals surface area contributed by atoms with E-state index in [2.05, 4.69) is 0 Å². The third-order valence-corrected chi connectivity index (χ3v) is 2.21. The third kappa shape index (κ3) is 1.97. The minimum Gasteiger partial charge on any atom is -0.479 e. The predicted octanol–water partition coefficient (Wildman–Crippen LogP) is 1.65. The van der Waals surface area contributed by atoms with E-state index in [1.54, 1.807) is 20.8 Å². The van der Waals surface area contributed by atoms with E-state index < -0.39 is 17.0 Å². The maximum Gasteiger partial charge on any atom is 0.336 e. The number of hydrogen-bond donors (Lipinski definition) is 2. The molecule has 0 radical (unpaired) electrons. The van der Waals surface area contributed by atoms with E-state index in [0.29, 0.717) is 12.8 Å².